The van der Waals surface area contributed by atoms with Crippen molar-refractivity contribution in [2.75, 3.05) is 0 Å². The first kappa shape index (κ1) is 9.08. The van der Waals surface area contributed by atoms with Crippen molar-refractivity contribution in [3.8, 4) is 0 Å². The van der Waals surface area contributed by atoms with Crippen LogP contribution < -0.4 is 0 Å². The van der Waals surface area contributed by atoms with E-state index in [2.05, 4.69) is 0 Å². The van der Waals surface area contributed by atoms with Crippen molar-refractivity contribution in [3.63, 3.8) is 0 Å². The number of rotatable bonds is 1. The van der Waals surface area contributed by atoms with Gasteiger partial charge in [0.25, 0.3) is 10.1 Å². The number of hydrogen-bond donors (Lipinski definition) is 1. The molecule has 0 aliphatic rings. The monoisotopic (exact) mass is 194 g/mol. The van der Waals surface area contributed by atoms with Crippen LogP contribution in [0.15, 0.2) is 23.1 Å². The second kappa shape index (κ2) is 2.80. The Hall–Kier alpha value is -1.01. The Morgan fingerprint density at radius 1 is 1.08 bits per heavy atom. The van der Waals surface area contributed by atoms with Gasteiger partial charge in [0.05, 0.1) is 4.90 Å². The lowest BCUT2D eigenvalue weighted by atomic mass is 10.3. The molecule has 0 saturated heterocycles. The van der Waals surface area contributed by atoms with E-state index in [9.17, 15) is 17.2 Å². The summed E-state index contributed by atoms with van der Waals surface area (Å²) in [7, 11) is -4.53. The summed E-state index contributed by atoms with van der Waals surface area (Å²) < 4.78 is 53.8. The van der Waals surface area contributed by atoms with Crippen LogP contribution in [0.1, 0.15) is 0 Å². The third-order valence-corrected chi connectivity index (χ3v) is 1.97. The summed E-state index contributed by atoms with van der Waals surface area (Å²) in [6.45, 7) is 0. The summed E-state index contributed by atoms with van der Waals surface area (Å²) in [5.74, 6) is -2.11. The number of halogens is 2. The molecule has 3 nitrogen and oxygen atoms in total. The molecule has 0 bridgehead atoms. The molecule has 0 atom stereocenters. The van der Waals surface area contributed by atoms with Gasteiger partial charge in [-0.25, -0.2) is 8.78 Å². The largest absolute Gasteiger partial charge is 0.294 e. The predicted molar refractivity (Wildman–Crippen MR) is 36.2 cm³/mol. The van der Waals surface area contributed by atoms with Gasteiger partial charge in [0.2, 0.25) is 0 Å². The van der Waals surface area contributed by atoms with Crippen LogP contribution in [0.25, 0.3) is 0 Å². The molecule has 0 unspecified atom stereocenters. The summed E-state index contributed by atoms with van der Waals surface area (Å²) in [6, 6.07) is 1.56. The van der Waals surface area contributed by atoms with Crippen molar-refractivity contribution in [3.05, 3.63) is 29.8 Å². The molecule has 1 aromatic carbocycles. The van der Waals surface area contributed by atoms with Crippen molar-refractivity contribution in [2.24, 2.45) is 0 Å². The summed E-state index contributed by atoms with van der Waals surface area (Å²) >= 11 is 0. The zero-order valence-corrected chi connectivity index (χ0v) is 6.48. The maximum Gasteiger partial charge on any atom is 0.294 e. The Morgan fingerprint density at radius 3 is 1.83 bits per heavy atom. The van der Waals surface area contributed by atoms with Gasteiger partial charge in [-0.15, -0.1) is 0 Å². The minimum Gasteiger partial charge on any atom is -0.282 e. The molecule has 0 heterocycles. The molecule has 6 heteroatoms. The van der Waals surface area contributed by atoms with Crippen LogP contribution in [-0.4, -0.2) is 13.0 Å². The molecule has 0 aliphatic carbocycles. The zero-order valence-electron chi connectivity index (χ0n) is 5.66. The van der Waals surface area contributed by atoms with Crippen LogP contribution in [0.3, 0.4) is 0 Å². The van der Waals surface area contributed by atoms with E-state index in [0.717, 1.165) is 0 Å². The first-order valence-corrected chi connectivity index (χ1v) is 4.27. The van der Waals surface area contributed by atoms with Gasteiger partial charge in [0, 0.05) is 6.07 Å². The fraction of sp³-hybridized carbons (Fsp3) is 0. The molecule has 0 amide bonds. The van der Waals surface area contributed by atoms with E-state index in [4.69, 9.17) is 4.55 Å². The molecular formula is C6H4F2O3S. The van der Waals surface area contributed by atoms with Crippen molar-refractivity contribution in [1.29, 1.82) is 0 Å². The first-order chi connectivity index (χ1) is 5.39. The van der Waals surface area contributed by atoms with Gasteiger partial charge >= 0.3 is 0 Å². The van der Waals surface area contributed by atoms with Crippen LogP contribution in [0.4, 0.5) is 8.78 Å². The molecule has 0 spiro atoms. The molecular weight excluding hydrogens is 190 g/mol. The van der Waals surface area contributed by atoms with Gasteiger partial charge in [0.15, 0.2) is 0 Å². The number of hydrogen-bond acceptors (Lipinski definition) is 2. The van der Waals surface area contributed by atoms with Crippen molar-refractivity contribution in [2.45, 2.75) is 4.90 Å². The zero-order chi connectivity index (χ0) is 9.35. The van der Waals surface area contributed by atoms with E-state index in [0.29, 0.717) is 18.2 Å². The van der Waals surface area contributed by atoms with Crippen molar-refractivity contribution < 1.29 is 21.8 Å². The molecule has 0 aliphatic heterocycles. The van der Waals surface area contributed by atoms with Gasteiger partial charge in [-0.2, -0.15) is 8.42 Å². The Kier molecular flexibility index (Phi) is 2.12. The molecule has 0 saturated carbocycles. The maximum absolute atomic E-state index is 12.3. The van der Waals surface area contributed by atoms with Gasteiger partial charge in [-0.1, -0.05) is 0 Å². The average molecular weight is 194 g/mol. The third-order valence-electron chi connectivity index (χ3n) is 1.13. The Morgan fingerprint density at radius 2 is 1.50 bits per heavy atom. The second-order valence-electron chi connectivity index (χ2n) is 2.08. The molecule has 1 N–H and O–H groups in total. The van der Waals surface area contributed by atoms with Crippen LogP contribution in [-0.2, 0) is 10.1 Å². The van der Waals surface area contributed by atoms with E-state index in [1.807, 2.05) is 0 Å². The lowest BCUT2D eigenvalue weighted by molar-refractivity contribution is 0.479. The highest BCUT2D eigenvalue weighted by atomic mass is 32.2. The SMILES string of the molecule is O=S(=O)(O)c1cc(F)cc(F)c1. The molecule has 1 rings (SSSR count). The fourth-order valence-electron chi connectivity index (χ4n) is 0.677. The Bertz CT molecular complexity index is 379. The van der Waals surface area contributed by atoms with E-state index in [-0.39, 0.29) is 0 Å². The first-order valence-electron chi connectivity index (χ1n) is 2.83. The third kappa shape index (κ3) is 1.99. The predicted octanol–water partition coefficient (Wildman–Crippen LogP) is 1.21. The Labute approximate surface area is 67.4 Å². The fourth-order valence-corrected chi connectivity index (χ4v) is 1.20. The average Bonchev–Trinajstić information content (AvgIpc) is 1.82. The number of benzene rings is 1. The minimum atomic E-state index is -4.53. The van der Waals surface area contributed by atoms with Crippen molar-refractivity contribution >= 4 is 10.1 Å². The summed E-state index contributed by atoms with van der Waals surface area (Å²) in [4.78, 5) is -0.792. The standard InChI is InChI=1S/C6H4F2O3S/c7-4-1-5(8)3-6(2-4)12(9,10)11/h1-3H,(H,9,10,11). The van der Waals surface area contributed by atoms with Gasteiger partial charge in [0.1, 0.15) is 11.6 Å². The van der Waals surface area contributed by atoms with Gasteiger partial charge in [-0.05, 0) is 12.1 Å². The van der Waals surface area contributed by atoms with Crippen LogP contribution >= 0.6 is 0 Å². The normalized spacial score (nSPS) is 11.6. The maximum atomic E-state index is 12.3. The second-order valence-corrected chi connectivity index (χ2v) is 3.50. The molecule has 1 aromatic rings. The Balaban J connectivity index is 3.37. The van der Waals surface area contributed by atoms with E-state index in [1.165, 1.54) is 0 Å². The lowest BCUT2D eigenvalue weighted by Crippen LogP contribution is -1.99. The highest BCUT2D eigenvalue weighted by Gasteiger charge is 2.11. The van der Waals surface area contributed by atoms with E-state index in [1.54, 1.807) is 0 Å². The van der Waals surface area contributed by atoms with Gasteiger partial charge < -0.3 is 0 Å². The van der Waals surface area contributed by atoms with Crippen LogP contribution in [0, 0.1) is 11.6 Å². The summed E-state index contributed by atoms with van der Waals surface area (Å²) in [6.07, 6.45) is 0. The molecule has 0 radical (unpaired) electrons. The lowest BCUT2D eigenvalue weighted by Gasteiger charge is -1.96. The van der Waals surface area contributed by atoms with Crippen LogP contribution in [0.2, 0.25) is 0 Å². The quantitative estimate of drug-likeness (QED) is 0.683. The summed E-state index contributed by atoms with van der Waals surface area (Å²) in [5.41, 5.74) is 0. The molecule has 0 fully saturated rings. The van der Waals surface area contributed by atoms with Crippen LogP contribution in [0.5, 0.6) is 0 Å². The molecule has 66 valence electrons. The summed E-state index contributed by atoms with van der Waals surface area (Å²) in [5, 5.41) is 0. The van der Waals surface area contributed by atoms with E-state index >= 15 is 0 Å². The highest BCUT2D eigenvalue weighted by Crippen LogP contribution is 2.12. The molecule has 12 heavy (non-hydrogen) atoms. The molecule has 0 aromatic heterocycles. The van der Waals surface area contributed by atoms with E-state index < -0.39 is 26.6 Å². The smallest absolute Gasteiger partial charge is 0.282 e. The topological polar surface area (TPSA) is 54.4 Å². The highest BCUT2D eigenvalue weighted by molar-refractivity contribution is 7.85. The van der Waals surface area contributed by atoms with Crippen molar-refractivity contribution in [1.82, 2.24) is 0 Å². The van der Waals surface area contributed by atoms with Gasteiger partial charge in [-0.3, -0.25) is 4.55 Å². The minimum absolute atomic E-state index is 0.509.